The predicted octanol–water partition coefficient (Wildman–Crippen LogP) is 4.26. The summed E-state index contributed by atoms with van der Waals surface area (Å²) in [6.07, 6.45) is 1.89. The van der Waals surface area contributed by atoms with Crippen molar-refractivity contribution in [1.29, 1.82) is 0 Å². The zero-order chi connectivity index (χ0) is 20.8. The van der Waals surface area contributed by atoms with E-state index in [1.165, 1.54) is 17.3 Å². The van der Waals surface area contributed by atoms with E-state index in [0.717, 1.165) is 18.4 Å². The quantitative estimate of drug-likeness (QED) is 0.412. The van der Waals surface area contributed by atoms with Crippen LogP contribution in [-0.4, -0.2) is 33.2 Å². The lowest BCUT2D eigenvalue weighted by Gasteiger charge is -2.18. The highest BCUT2D eigenvalue weighted by atomic mass is 32.2. The smallest absolute Gasteiger partial charge is 0.262 e. The first kappa shape index (κ1) is 21.1. The van der Waals surface area contributed by atoms with Crippen LogP contribution >= 0.6 is 11.8 Å². The molecule has 29 heavy (non-hydrogen) atoms. The van der Waals surface area contributed by atoms with Crippen LogP contribution in [0.1, 0.15) is 30.9 Å². The highest BCUT2D eigenvalue weighted by Gasteiger charge is 2.15. The van der Waals surface area contributed by atoms with Crippen molar-refractivity contribution >= 4 is 28.6 Å². The molecule has 0 N–H and O–H groups in total. The second-order valence-electron chi connectivity index (χ2n) is 7.25. The molecule has 0 unspecified atom stereocenters. The monoisotopic (exact) mass is 409 g/mol. The number of fused-ring (bicyclic) bond motifs is 1. The van der Waals surface area contributed by atoms with Crippen molar-refractivity contribution in [3.63, 3.8) is 0 Å². The van der Waals surface area contributed by atoms with Gasteiger partial charge in [0.15, 0.2) is 5.16 Å². The molecular weight excluding hydrogens is 382 g/mol. The Bertz CT molecular complexity index is 1040. The van der Waals surface area contributed by atoms with Gasteiger partial charge in [-0.25, -0.2) is 4.98 Å². The molecule has 3 rings (SSSR count). The molecule has 0 aliphatic heterocycles. The average Bonchev–Trinajstić information content (AvgIpc) is 2.73. The Morgan fingerprint density at radius 1 is 1.14 bits per heavy atom. The van der Waals surface area contributed by atoms with Gasteiger partial charge in [0.2, 0.25) is 5.91 Å². The Hall–Kier alpha value is -2.60. The third-order valence-electron chi connectivity index (χ3n) is 4.85. The molecule has 0 aliphatic carbocycles. The van der Waals surface area contributed by atoms with Gasteiger partial charge in [0.25, 0.3) is 5.56 Å². The van der Waals surface area contributed by atoms with Gasteiger partial charge in [-0.05, 0) is 31.0 Å². The fraction of sp³-hybridized carbons (Fsp3) is 0.348. The summed E-state index contributed by atoms with van der Waals surface area (Å²) in [5.74, 6) is 0.263. The fourth-order valence-corrected chi connectivity index (χ4v) is 4.03. The number of para-hydroxylation sites is 1. The Balaban J connectivity index is 1.75. The van der Waals surface area contributed by atoms with Crippen molar-refractivity contribution in [3.8, 4) is 0 Å². The maximum atomic E-state index is 12.9. The van der Waals surface area contributed by atoms with E-state index in [1.54, 1.807) is 16.5 Å². The number of aromatic nitrogens is 2. The second kappa shape index (κ2) is 9.74. The van der Waals surface area contributed by atoms with Crippen molar-refractivity contribution in [1.82, 2.24) is 14.5 Å². The van der Waals surface area contributed by atoms with Gasteiger partial charge in [-0.3, -0.25) is 14.2 Å². The summed E-state index contributed by atoms with van der Waals surface area (Å²) in [6.45, 7) is 5.32. The molecule has 1 aromatic heterocycles. The van der Waals surface area contributed by atoms with Crippen LogP contribution < -0.4 is 5.56 Å². The van der Waals surface area contributed by atoms with Crippen LogP contribution in [0.15, 0.2) is 58.5 Å². The van der Waals surface area contributed by atoms with Gasteiger partial charge in [-0.1, -0.05) is 67.1 Å². The van der Waals surface area contributed by atoms with Crippen LogP contribution in [0.2, 0.25) is 0 Å². The summed E-state index contributed by atoms with van der Waals surface area (Å²) in [6, 6.07) is 15.6. The number of aryl methyl sites for hydroxylation is 1. The molecule has 0 saturated carbocycles. The van der Waals surface area contributed by atoms with Gasteiger partial charge >= 0.3 is 0 Å². The van der Waals surface area contributed by atoms with E-state index >= 15 is 0 Å². The Morgan fingerprint density at radius 2 is 1.86 bits per heavy atom. The largest absolute Gasteiger partial charge is 0.341 e. The topological polar surface area (TPSA) is 55.2 Å². The number of carbonyl (C=O) groups is 1. The molecule has 0 bridgehead atoms. The molecule has 2 aromatic carbocycles. The van der Waals surface area contributed by atoms with Crippen LogP contribution in [0.4, 0.5) is 0 Å². The second-order valence-corrected chi connectivity index (χ2v) is 8.19. The number of hydrogen-bond acceptors (Lipinski definition) is 4. The summed E-state index contributed by atoms with van der Waals surface area (Å²) in [5.41, 5.74) is 2.94. The average molecular weight is 410 g/mol. The SMILES string of the molecule is CCCCn1c(SCC(=O)N(C)Cc2ccc(C)cc2)nc2ccccc2c1=O. The highest BCUT2D eigenvalue weighted by Crippen LogP contribution is 2.19. The van der Waals surface area contributed by atoms with Crippen molar-refractivity contribution in [2.75, 3.05) is 12.8 Å². The Labute approximate surface area is 175 Å². The predicted molar refractivity (Wildman–Crippen MR) is 119 cm³/mol. The summed E-state index contributed by atoms with van der Waals surface area (Å²) in [7, 11) is 1.81. The number of unbranched alkanes of at least 4 members (excludes halogenated alkanes) is 1. The molecule has 6 heteroatoms. The summed E-state index contributed by atoms with van der Waals surface area (Å²) < 4.78 is 1.71. The zero-order valence-electron chi connectivity index (χ0n) is 17.2. The van der Waals surface area contributed by atoms with E-state index in [0.29, 0.717) is 29.1 Å². The molecule has 0 fully saturated rings. The number of carbonyl (C=O) groups excluding carboxylic acids is 1. The number of nitrogens with zero attached hydrogens (tertiary/aromatic N) is 3. The Kier molecular flexibility index (Phi) is 7.09. The van der Waals surface area contributed by atoms with E-state index in [1.807, 2.05) is 55.5 Å². The summed E-state index contributed by atoms with van der Waals surface area (Å²) in [5, 5.41) is 1.23. The van der Waals surface area contributed by atoms with Crippen molar-refractivity contribution in [2.24, 2.45) is 0 Å². The molecule has 0 aliphatic rings. The third-order valence-corrected chi connectivity index (χ3v) is 5.81. The van der Waals surface area contributed by atoms with E-state index < -0.39 is 0 Å². The number of hydrogen-bond donors (Lipinski definition) is 0. The molecule has 1 heterocycles. The minimum atomic E-state index is -0.0352. The first-order chi connectivity index (χ1) is 14.0. The molecule has 1 amide bonds. The first-order valence-electron chi connectivity index (χ1n) is 9.91. The van der Waals surface area contributed by atoms with E-state index in [2.05, 4.69) is 11.9 Å². The number of benzene rings is 2. The maximum absolute atomic E-state index is 12.9. The zero-order valence-corrected chi connectivity index (χ0v) is 18.0. The van der Waals surface area contributed by atoms with Crippen molar-refractivity contribution < 1.29 is 4.79 Å². The van der Waals surface area contributed by atoms with Crippen LogP contribution in [0.25, 0.3) is 10.9 Å². The van der Waals surface area contributed by atoms with Gasteiger partial charge in [0, 0.05) is 20.1 Å². The molecule has 0 saturated heterocycles. The van der Waals surface area contributed by atoms with Gasteiger partial charge in [0.1, 0.15) is 0 Å². The maximum Gasteiger partial charge on any atom is 0.262 e. The van der Waals surface area contributed by atoms with E-state index in [9.17, 15) is 9.59 Å². The van der Waals surface area contributed by atoms with Crippen molar-refractivity contribution in [3.05, 3.63) is 70.0 Å². The number of amides is 1. The third kappa shape index (κ3) is 5.26. The molecule has 3 aromatic rings. The minimum Gasteiger partial charge on any atom is -0.341 e. The highest BCUT2D eigenvalue weighted by molar-refractivity contribution is 7.99. The fourth-order valence-electron chi connectivity index (χ4n) is 3.06. The minimum absolute atomic E-state index is 0.0139. The lowest BCUT2D eigenvalue weighted by atomic mass is 10.1. The van der Waals surface area contributed by atoms with Crippen molar-refractivity contribution in [2.45, 2.75) is 44.9 Å². The van der Waals surface area contributed by atoms with Crippen LogP contribution in [-0.2, 0) is 17.9 Å². The lowest BCUT2D eigenvalue weighted by Crippen LogP contribution is -2.29. The normalized spacial score (nSPS) is 11.0. The van der Waals surface area contributed by atoms with Crippen LogP contribution in [0, 0.1) is 6.92 Å². The standard InChI is InChI=1S/C23H27N3O2S/c1-4-5-14-26-22(28)19-8-6-7-9-20(19)24-23(26)29-16-21(27)25(3)15-18-12-10-17(2)11-13-18/h6-13H,4-5,14-16H2,1-3H3. The first-order valence-corrected chi connectivity index (χ1v) is 10.9. The Morgan fingerprint density at radius 3 is 2.59 bits per heavy atom. The van der Waals surface area contributed by atoms with Gasteiger partial charge in [-0.15, -0.1) is 0 Å². The number of rotatable bonds is 8. The number of thioether (sulfide) groups is 1. The molecular formula is C23H27N3O2S. The molecule has 0 atom stereocenters. The molecule has 152 valence electrons. The van der Waals surface area contributed by atoms with Gasteiger partial charge in [0.05, 0.1) is 16.7 Å². The van der Waals surface area contributed by atoms with Crippen LogP contribution in [0.3, 0.4) is 0 Å². The van der Waals surface area contributed by atoms with Crippen LogP contribution in [0.5, 0.6) is 0 Å². The molecule has 0 spiro atoms. The van der Waals surface area contributed by atoms with E-state index in [-0.39, 0.29) is 17.2 Å². The summed E-state index contributed by atoms with van der Waals surface area (Å²) in [4.78, 5) is 32.0. The van der Waals surface area contributed by atoms with Gasteiger partial charge in [-0.2, -0.15) is 0 Å². The van der Waals surface area contributed by atoms with E-state index in [4.69, 9.17) is 0 Å². The molecule has 0 radical (unpaired) electrons. The molecule has 5 nitrogen and oxygen atoms in total. The van der Waals surface area contributed by atoms with Gasteiger partial charge < -0.3 is 4.90 Å². The lowest BCUT2D eigenvalue weighted by molar-refractivity contribution is -0.127. The summed E-state index contributed by atoms with van der Waals surface area (Å²) >= 11 is 1.34.